The minimum atomic E-state index is -2.50. The molecular weight excluding hydrogens is 288 g/mol. The van der Waals surface area contributed by atoms with Crippen LogP contribution in [-0.2, 0) is 0 Å². The van der Waals surface area contributed by atoms with E-state index in [2.05, 4.69) is 10.6 Å². The summed E-state index contributed by atoms with van der Waals surface area (Å²) < 4.78 is 30.1. The van der Waals surface area contributed by atoms with Gasteiger partial charge in [-0.2, -0.15) is 0 Å². The summed E-state index contributed by atoms with van der Waals surface area (Å²) in [4.78, 5) is 12.1. The average molecular weight is 307 g/mol. The number of nitrogens with one attached hydrogen (secondary N) is 2. The van der Waals surface area contributed by atoms with Crippen molar-refractivity contribution in [1.29, 1.82) is 0 Å². The van der Waals surface area contributed by atoms with E-state index in [0.29, 0.717) is 11.5 Å². The van der Waals surface area contributed by atoms with Crippen molar-refractivity contribution >= 4 is 27.9 Å². The largest absolute Gasteiger partial charge is 0.486 e. The highest BCUT2D eigenvalue weighted by atomic mass is 32.1. The molecule has 0 saturated carbocycles. The number of nitrogen functional groups attached to an aromatic ring is 1. The van der Waals surface area contributed by atoms with Gasteiger partial charge in [0, 0.05) is 6.54 Å². The molecule has 0 atom stereocenters. The number of carbonyl (C=O) groups excluding carboxylic acids is 1. The fourth-order valence-electron chi connectivity index (χ4n) is 1.48. The van der Waals surface area contributed by atoms with Crippen LogP contribution in [0.3, 0.4) is 0 Å². The van der Waals surface area contributed by atoms with E-state index in [0.717, 1.165) is 11.3 Å². The third-order valence-electron chi connectivity index (χ3n) is 2.21. The summed E-state index contributed by atoms with van der Waals surface area (Å²) in [6, 6.07) is 0. The Balaban J connectivity index is 3.06. The summed E-state index contributed by atoms with van der Waals surface area (Å²) >= 11 is 1.01. The van der Waals surface area contributed by atoms with Crippen LogP contribution in [0.5, 0.6) is 5.75 Å². The highest BCUT2D eigenvalue weighted by Gasteiger charge is 2.23. The number of halogens is 2. The number of amides is 1. The smallest absolute Gasteiger partial charge is 0.263 e. The number of hydrogen-bond donors (Lipinski definition) is 3. The summed E-state index contributed by atoms with van der Waals surface area (Å²) in [6.45, 7) is 5.29. The lowest BCUT2D eigenvalue weighted by atomic mass is 10.3. The highest BCUT2D eigenvalue weighted by Crippen LogP contribution is 2.43. The van der Waals surface area contributed by atoms with Crippen molar-refractivity contribution in [1.82, 2.24) is 5.32 Å². The third-order valence-corrected chi connectivity index (χ3v) is 3.36. The molecule has 1 heterocycles. The summed E-state index contributed by atoms with van der Waals surface area (Å²) in [5.41, 5.74) is 6.06. The van der Waals surface area contributed by atoms with Gasteiger partial charge in [-0.05, 0) is 20.8 Å². The first-order valence-electron chi connectivity index (χ1n) is 6.25. The number of carbonyl (C=O) groups is 1. The van der Waals surface area contributed by atoms with Crippen LogP contribution >= 0.6 is 11.3 Å². The zero-order valence-electron chi connectivity index (χ0n) is 11.6. The zero-order valence-corrected chi connectivity index (χ0v) is 12.4. The number of rotatable bonds is 7. The van der Waals surface area contributed by atoms with Crippen LogP contribution in [0, 0.1) is 0 Å². The number of hydrogen-bond acceptors (Lipinski definition) is 5. The molecule has 1 amide bonds. The summed E-state index contributed by atoms with van der Waals surface area (Å²) in [6.07, 6.45) is -2.68. The first-order chi connectivity index (χ1) is 9.36. The molecule has 0 saturated heterocycles. The van der Waals surface area contributed by atoms with E-state index in [1.54, 1.807) is 20.8 Å². The molecule has 4 N–H and O–H groups in total. The summed E-state index contributed by atoms with van der Waals surface area (Å²) in [7, 11) is 0. The molecule has 0 bridgehead atoms. The van der Waals surface area contributed by atoms with Gasteiger partial charge in [0.25, 0.3) is 12.3 Å². The van der Waals surface area contributed by atoms with E-state index in [-0.39, 0.29) is 28.3 Å². The van der Waals surface area contributed by atoms with Crippen molar-refractivity contribution in [2.24, 2.45) is 0 Å². The molecule has 1 aromatic heterocycles. The fourth-order valence-corrected chi connectivity index (χ4v) is 2.46. The molecule has 0 aliphatic carbocycles. The van der Waals surface area contributed by atoms with Crippen molar-refractivity contribution in [3.05, 3.63) is 4.88 Å². The maximum absolute atomic E-state index is 12.3. The van der Waals surface area contributed by atoms with Gasteiger partial charge in [-0.3, -0.25) is 4.79 Å². The minimum Gasteiger partial charge on any atom is -0.486 e. The van der Waals surface area contributed by atoms with Crippen LogP contribution in [0.2, 0.25) is 0 Å². The molecule has 5 nitrogen and oxygen atoms in total. The molecular formula is C12H19F2N3O2S. The molecule has 8 heteroatoms. The Morgan fingerprint density at radius 1 is 1.45 bits per heavy atom. The average Bonchev–Trinajstić information content (AvgIpc) is 2.64. The van der Waals surface area contributed by atoms with E-state index in [4.69, 9.17) is 10.5 Å². The molecule has 1 rings (SSSR count). The number of thiophene rings is 1. The van der Waals surface area contributed by atoms with Crippen LogP contribution in [0.4, 0.5) is 19.5 Å². The quantitative estimate of drug-likeness (QED) is 0.723. The molecule has 0 spiro atoms. The van der Waals surface area contributed by atoms with E-state index < -0.39 is 13.0 Å². The van der Waals surface area contributed by atoms with Gasteiger partial charge in [0.05, 0.1) is 12.6 Å². The fraction of sp³-hybridized carbons (Fsp3) is 0.583. The summed E-state index contributed by atoms with van der Waals surface area (Å²) in [5.74, 6) is -0.0828. The Morgan fingerprint density at radius 2 is 2.10 bits per heavy atom. The number of ether oxygens (including phenoxy) is 1. The van der Waals surface area contributed by atoms with Crippen LogP contribution in [0.15, 0.2) is 0 Å². The molecule has 114 valence electrons. The normalized spacial score (nSPS) is 10.9. The molecule has 1 aromatic rings. The van der Waals surface area contributed by atoms with Gasteiger partial charge in [0.2, 0.25) is 0 Å². The van der Waals surface area contributed by atoms with E-state index in [1.807, 2.05) is 0 Å². The van der Waals surface area contributed by atoms with Gasteiger partial charge in [-0.1, -0.05) is 0 Å². The maximum atomic E-state index is 12.3. The van der Waals surface area contributed by atoms with Crippen LogP contribution < -0.4 is 21.1 Å². The number of anilines is 2. The number of nitrogens with two attached hydrogens (primary N) is 1. The Labute approximate surface area is 120 Å². The van der Waals surface area contributed by atoms with Crippen LogP contribution in [0.25, 0.3) is 0 Å². The Bertz CT molecular complexity index is 464. The second kappa shape index (κ2) is 7.28. The minimum absolute atomic E-state index is 0.173. The van der Waals surface area contributed by atoms with Crippen LogP contribution in [-0.4, -0.2) is 31.5 Å². The zero-order chi connectivity index (χ0) is 15.3. The van der Waals surface area contributed by atoms with Gasteiger partial charge < -0.3 is 21.1 Å². The lowest BCUT2D eigenvalue weighted by Crippen LogP contribution is -2.22. The third kappa shape index (κ3) is 4.22. The highest BCUT2D eigenvalue weighted by molar-refractivity contribution is 7.19. The van der Waals surface area contributed by atoms with Crippen LogP contribution in [0.1, 0.15) is 30.4 Å². The van der Waals surface area contributed by atoms with Gasteiger partial charge in [0.1, 0.15) is 15.6 Å². The monoisotopic (exact) mass is 307 g/mol. The van der Waals surface area contributed by atoms with Gasteiger partial charge in [-0.15, -0.1) is 11.3 Å². The SMILES string of the molecule is CCNC(=O)c1sc(NCC(F)F)c(OC(C)C)c1N. The second-order valence-corrected chi connectivity index (χ2v) is 5.32. The molecule has 0 aromatic carbocycles. The Hall–Kier alpha value is -1.57. The Kier molecular flexibility index (Phi) is 6.00. The molecule has 0 unspecified atom stereocenters. The predicted molar refractivity (Wildman–Crippen MR) is 77.0 cm³/mol. The topological polar surface area (TPSA) is 76.4 Å². The maximum Gasteiger partial charge on any atom is 0.263 e. The van der Waals surface area contributed by atoms with Gasteiger partial charge in [0.15, 0.2) is 5.75 Å². The van der Waals surface area contributed by atoms with Crippen molar-refractivity contribution in [3.63, 3.8) is 0 Å². The molecule has 0 aliphatic rings. The van der Waals surface area contributed by atoms with E-state index >= 15 is 0 Å². The van der Waals surface area contributed by atoms with Gasteiger partial charge >= 0.3 is 0 Å². The number of alkyl halides is 2. The van der Waals surface area contributed by atoms with Crippen molar-refractivity contribution in [3.8, 4) is 5.75 Å². The lowest BCUT2D eigenvalue weighted by molar-refractivity contribution is 0.0960. The van der Waals surface area contributed by atoms with Crippen molar-refractivity contribution < 1.29 is 18.3 Å². The van der Waals surface area contributed by atoms with Crippen molar-refractivity contribution in [2.75, 3.05) is 24.1 Å². The van der Waals surface area contributed by atoms with E-state index in [1.165, 1.54) is 0 Å². The first-order valence-corrected chi connectivity index (χ1v) is 7.07. The molecule has 20 heavy (non-hydrogen) atoms. The molecule has 0 radical (unpaired) electrons. The summed E-state index contributed by atoms with van der Waals surface area (Å²) in [5, 5.41) is 5.53. The Morgan fingerprint density at radius 3 is 2.60 bits per heavy atom. The molecule has 0 fully saturated rings. The van der Waals surface area contributed by atoms with E-state index in [9.17, 15) is 13.6 Å². The standard InChI is InChI=1S/C12H19F2N3O2S/c1-4-16-11(18)10-8(15)9(19-6(2)3)12(20-10)17-5-7(13)14/h6-7,17H,4-5,15H2,1-3H3,(H,16,18). The lowest BCUT2D eigenvalue weighted by Gasteiger charge is -2.12. The predicted octanol–water partition coefficient (Wildman–Crippen LogP) is 2.54. The van der Waals surface area contributed by atoms with Gasteiger partial charge in [-0.25, -0.2) is 8.78 Å². The second-order valence-electron chi connectivity index (χ2n) is 4.30. The molecule has 0 aliphatic heterocycles. The van der Waals surface area contributed by atoms with Crippen molar-refractivity contribution in [2.45, 2.75) is 33.3 Å². The first kappa shape index (κ1) is 16.5.